The lowest BCUT2D eigenvalue weighted by molar-refractivity contribution is 0.0964. The van der Waals surface area contributed by atoms with Crippen LogP contribution >= 0.6 is 0 Å². The first kappa shape index (κ1) is 11.3. The summed E-state index contributed by atoms with van der Waals surface area (Å²) in [6.07, 6.45) is 1.83. The Morgan fingerprint density at radius 3 is 2.94 bits per heavy atom. The predicted molar refractivity (Wildman–Crippen MR) is 65.8 cm³/mol. The van der Waals surface area contributed by atoms with Crippen molar-refractivity contribution in [3.63, 3.8) is 0 Å². The van der Waals surface area contributed by atoms with Crippen molar-refractivity contribution in [2.75, 3.05) is 13.1 Å². The van der Waals surface area contributed by atoms with Gasteiger partial charge in [-0.1, -0.05) is 17.7 Å². The number of ketones is 1. The normalized spacial score (nSPS) is 20.0. The topological polar surface area (TPSA) is 29.1 Å². The van der Waals surface area contributed by atoms with Crippen molar-refractivity contribution in [1.29, 1.82) is 0 Å². The number of benzene rings is 1. The highest BCUT2D eigenvalue weighted by Gasteiger charge is 2.19. The lowest BCUT2D eigenvalue weighted by atomic mass is 9.94. The minimum atomic E-state index is 0.301. The minimum absolute atomic E-state index is 0.301. The first-order valence-corrected chi connectivity index (χ1v) is 5.98. The Labute approximate surface area is 97.1 Å². The van der Waals surface area contributed by atoms with E-state index >= 15 is 0 Å². The second kappa shape index (κ2) is 4.79. The van der Waals surface area contributed by atoms with E-state index in [0.717, 1.165) is 30.6 Å². The maximum atomic E-state index is 12.1. The number of hydrogen-bond acceptors (Lipinski definition) is 2. The highest BCUT2D eigenvalue weighted by atomic mass is 16.1. The molecule has 1 atom stereocenters. The van der Waals surface area contributed by atoms with Crippen LogP contribution in [-0.2, 0) is 0 Å². The number of hydrogen-bond donors (Lipinski definition) is 1. The summed E-state index contributed by atoms with van der Waals surface area (Å²) < 4.78 is 0. The van der Waals surface area contributed by atoms with Crippen LogP contribution in [0.5, 0.6) is 0 Å². The average molecular weight is 217 g/mol. The summed E-state index contributed by atoms with van der Waals surface area (Å²) in [7, 11) is 0. The quantitative estimate of drug-likeness (QED) is 0.788. The van der Waals surface area contributed by atoms with Crippen LogP contribution in [0.3, 0.4) is 0 Å². The molecule has 16 heavy (non-hydrogen) atoms. The molecule has 0 aromatic heterocycles. The summed E-state index contributed by atoms with van der Waals surface area (Å²) in [5.41, 5.74) is 3.17. The van der Waals surface area contributed by atoms with E-state index in [9.17, 15) is 4.79 Å². The Morgan fingerprint density at radius 1 is 1.44 bits per heavy atom. The Kier molecular flexibility index (Phi) is 3.39. The van der Waals surface area contributed by atoms with E-state index in [1.165, 1.54) is 5.56 Å². The molecule has 1 aromatic carbocycles. The lowest BCUT2D eigenvalue weighted by Gasteiger charge is -2.09. The van der Waals surface area contributed by atoms with Crippen molar-refractivity contribution in [2.24, 2.45) is 5.92 Å². The van der Waals surface area contributed by atoms with Crippen LogP contribution in [0.25, 0.3) is 0 Å². The van der Waals surface area contributed by atoms with Crippen LogP contribution in [-0.4, -0.2) is 18.9 Å². The highest BCUT2D eigenvalue weighted by Crippen LogP contribution is 2.19. The van der Waals surface area contributed by atoms with Gasteiger partial charge in [-0.05, 0) is 50.9 Å². The molecular weight excluding hydrogens is 198 g/mol. The van der Waals surface area contributed by atoms with Gasteiger partial charge < -0.3 is 5.32 Å². The smallest absolute Gasteiger partial charge is 0.163 e. The molecule has 1 heterocycles. The van der Waals surface area contributed by atoms with E-state index in [4.69, 9.17) is 0 Å². The largest absolute Gasteiger partial charge is 0.316 e. The van der Waals surface area contributed by atoms with E-state index in [1.807, 2.05) is 26.0 Å². The molecule has 0 amide bonds. The van der Waals surface area contributed by atoms with Gasteiger partial charge in [0.2, 0.25) is 0 Å². The zero-order valence-corrected chi connectivity index (χ0v) is 10.0. The fourth-order valence-corrected chi connectivity index (χ4v) is 2.30. The van der Waals surface area contributed by atoms with Gasteiger partial charge in [-0.25, -0.2) is 0 Å². The highest BCUT2D eigenvalue weighted by molar-refractivity contribution is 5.97. The Hall–Kier alpha value is -1.15. The molecule has 0 saturated carbocycles. The summed E-state index contributed by atoms with van der Waals surface area (Å²) >= 11 is 0. The number of Topliss-reactive ketones (excluding diaryl/α,β-unsaturated/α-hetero) is 1. The van der Waals surface area contributed by atoms with Gasteiger partial charge in [-0.3, -0.25) is 4.79 Å². The molecule has 1 aliphatic rings. The van der Waals surface area contributed by atoms with E-state index < -0.39 is 0 Å². The molecule has 1 fully saturated rings. The Balaban J connectivity index is 2.10. The maximum Gasteiger partial charge on any atom is 0.163 e. The molecule has 0 aliphatic carbocycles. The first-order chi connectivity index (χ1) is 7.66. The Bertz CT molecular complexity index is 392. The molecule has 0 radical (unpaired) electrons. The third kappa shape index (κ3) is 2.50. The third-order valence-corrected chi connectivity index (χ3v) is 3.33. The van der Waals surface area contributed by atoms with Crippen LogP contribution in [0.1, 0.15) is 34.3 Å². The van der Waals surface area contributed by atoms with Gasteiger partial charge in [0, 0.05) is 12.0 Å². The van der Waals surface area contributed by atoms with Crippen molar-refractivity contribution in [3.05, 3.63) is 34.9 Å². The van der Waals surface area contributed by atoms with Gasteiger partial charge in [-0.15, -0.1) is 0 Å². The molecule has 0 bridgehead atoms. The number of rotatable bonds is 3. The first-order valence-electron chi connectivity index (χ1n) is 5.98. The third-order valence-electron chi connectivity index (χ3n) is 3.33. The fraction of sp³-hybridized carbons (Fsp3) is 0.500. The van der Waals surface area contributed by atoms with Crippen molar-refractivity contribution in [3.8, 4) is 0 Å². The SMILES string of the molecule is Cc1ccc(C)c(C(=O)CC2CCNC2)c1. The summed E-state index contributed by atoms with van der Waals surface area (Å²) in [5, 5.41) is 3.30. The monoisotopic (exact) mass is 217 g/mol. The van der Waals surface area contributed by atoms with Gasteiger partial charge >= 0.3 is 0 Å². The zero-order valence-electron chi connectivity index (χ0n) is 10.0. The zero-order chi connectivity index (χ0) is 11.5. The summed E-state index contributed by atoms with van der Waals surface area (Å²) in [6, 6.07) is 6.11. The fourth-order valence-electron chi connectivity index (χ4n) is 2.30. The molecule has 1 unspecified atom stereocenters. The van der Waals surface area contributed by atoms with Crippen LogP contribution in [0.2, 0.25) is 0 Å². The predicted octanol–water partition coefficient (Wildman–Crippen LogP) is 2.49. The number of nitrogens with one attached hydrogen (secondary N) is 1. The van der Waals surface area contributed by atoms with Crippen LogP contribution in [0.4, 0.5) is 0 Å². The molecule has 1 N–H and O–H groups in total. The molecule has 1 aliphatic heterocycles. The number of carbonyl (C=O) groups excluding carboxylic acids is 1. The van der Waals surface area contributed by atoms with Crippen LogP contribution in [0, 0.1) is 19.8 Å². The van der Waals surface area contributed by atoms with Crippen LogP contribution < -0.4 is 5.32 Å². The number of carbonyl (C=O) groups is 1. The van der Waals surface area contributed by atoms with Gasteiger partial charge in [0.15, 0.2) is 5.78 Å². The van der Waals surface area contributed by atoms with Crippen molar-refractivity contribution < 1.29 is 4.79 Å². The van der Waals surface area contributed by atoms with Gasteiger partial charge in [0.25, 0.3) is 0 Å². The van der Waals surface area contributed by atoms with E-state index in [1.54, 1.807) is 0 Å². The van der Waals surface area contributed by atoms with Crippen molar-refractivity contribution in [2.45, 2.75) is 26.7 Å². The van der Waals surface area contributed by atoms with Gasteiger partial charge in [-0.2, -0.15) is 0 Å². The molecule has 86 valence electrons. The molecule has 2 nitrogen and oxygen atoms in total. The second-order valence-corrected chi connectivity index (χ2v) is 4.80. The molecular formula is C14H19NO. The lowest BCUT2D eigenvalue weighted by Crippen LogP contribution is -2.13. The average Bonchev–Trinajstić information content (AvgIpc) is 2.74. The second-order valence-electron chi connectivity index (χ2n) is 4.80. The van der Waals surface area contributed by atoms with E-state index in [-0.39, 0.29) is 0 Å². The summed E-state index contributed by atoms with van der Waals surface area (Å²) in [5.74, 6) is 0.835. The maximum absolute atomic E-state index is 12.1. The standard InChI is InChI=1S/C14H19NO/c1-10-3-4-11(2)13(7-10)14(16)8-12-5-6-15-9-12/h3-4,7,12,15H,5-6,8-9H2,1-2H3. The minimum Gasteiger partial charge on any atom is -0.316 e. The Morgan fingerprint density at radius 2 is 2.25 bits per heavy atom. The van der Waals surface area contributed by atoms with Crippen molar-refractivity contribution >= 4 is 5.78 Å². The van der Waals surface area contributed by atoms with Crippen LogP contribution in [0.15, 0.2) is 18.2 Å². The molecule has 1 saturated heterocycles. The molecule has 0 spiro atoms. The number of aryl methyl sites for hydroxylation is 2. The summed E-state index contributed by atoms with van der Waals surface area (Å²) in [4.78, 5) is 12.1. The molecule has 2 rings (SSSR count). The van der Waals surface area contributed by atoms with E-state index in [0.29, 0.717) is 18.1 Å². The van der Waals surface area contributed by atoms with Gasteiger partial charge in [0.05, 0.1) is 0 Å². The summed E-state index contributed by atoms with van der Waals surface area (Å²) in [6.45, 7) is 6.11. The molecule has 2 heteroatoms. The van der Waals surface area contributed by atoms with Crippen molar-refractivity contribution in [1.82, 2.24) is 5.32 Å². The van der Waals surface area contributed by atoms with Gasteiger partial charge in [0.1, 0.15) is 0 Å². The van der Waals surface area contributed by atoms with E-state index in [2.05, 4.69) is 11.4 Å². The molecule has 1 aromatic rings.